The van der Waals surface area contributed by atoms with E-state index >= 15 is 0 Å². The second-order valence-corrected chi connectivity index (χ2v) is 9.03. The minimum absolute atomic E-state index is 0.0590. The van der Waals surface area contributed by atoms with E-state index in [1.165, 1.54) is 11.8 Å². The average Bonchev–Trinajstić information content (AvgIpc) is 3.57. The molecule has 2 aromatic carbocycles. The number of carbonyl (C=O) groups is 3. The number of rotatable bonds is 10. The summed E-state index contributed by atoms with van der Waals surface area (Å²) in [4.78, 5) is 42.4. The van der Waals surface area contributed by atoms with Gasteiger partial charge in [0.2, 0.25) is 5.91 Å². The Bertz CT molecular complexity index is 1160. The number of thioether (sulfide) groups is 1. The molecule has 2 amide bonds. The highest BCUT2D eigenvalue weighted by atomic mass is 32.2. The van der Waals surface area contributed by atoms with E-state index in [1.54, 1.807) is 36.7 Å². The van der Waals surface area contributed by atoms with Gasteiger partial charge >= 0.3 is 5.97 Å². The number of amides is 2. The van der Waals surface area contributed by atoms with Gasteiger partial charge in [-0.1, -0.05) is 42.5 Å². The third kappa shape index (κ3) is 6.26. The van der Waals surface area contributed by atoms with Crippen LogP contribution in [0.4, 0.5) is 0 Å². The fourth-order valence-corrected chi connectivity index (χ4v) is 4.26. The number of carbonyl (C=O) groups excluding carboxylic acids is 3. The zero-order chi connectivity index (χ0) is 23.9. The lowest BCUT2D eigenvalue weighted by atomic mass is 10.1. The van der Waals surface area contributed by atoms with Crippen LogP contribution in [0.25, 0.3) is 0 Å². The van der Waals surface area contributed by atoms with Crippen LogP contribution in [0.2, 0.25) is 0 Å². The quantitative estimate of drug-likeness (QED) is 0.343. The Morgan fingerprint density at radius 3 is 2.53 bits per heavy atom. The van der Waals surface area contributed by atoms with Gasteiger partial charge < -0.3 is 19.9 Å². The molecule has 4 rings (SSSR count). The fourth-order valence-electron chi connectivity index (χ4n) is 3.41. The van der Waals surface area contributed by atoms with Crippen molar-refractivity contribution in [2.45, 2.75) is 29.8 Å². The van der Waals surface area contributed by atoms with Gasteiger partial charge in [-0.2, -0.15) is 0 Å². The number of imidazole rings is 1. The van der Waals surface area contributed by atoms with Crippen molar-refractivity contribution in [3.8, 4) is 0 Å². The van der Waals surface area contributed by atoms with Gasteiger partial charge in [-0.3, -0.25) is 9.59 Å². The van der Waals surface area contributed by atoms with Gasteiger partial charge in [-0.25, -0.2) is 9.78 Å². The number of nitrogens with zero attached hydrogens (tertiary/aromatic N) is 2. The summed E-state index contributed by atoms with van der Waals surface area (Å²) < 4.78 is 7.13. The lowest BCUT2D eigenvalue weighted by Gasteiger charge is -2.19. The first-order valence-corrected chi connectivity index (χ1v) is 12.0. The highest BCUT2D eigenvalue weighted by Gasteiger charge is 2.24. The predicted octanol–water partition coefficient (Wildman–Crippen LogP) is 2.85. The molecule has 0 aliphatic heterocycles. The standard InChI is InChI=1S/C25H26N4O4S/c1-29-14-13-26-24(29)23(17-7-3-2-4-8-17)28-21(30)15-33-25(32)19-9-5-6-10-20(19)34-16-22(31)27-18-11-12-18/h2-10,13-14,18,23H,11-12,15-16H2,1H3,(H,27,31)(H,28,30). The molecule has 8 nitrogen and oxygen atoms in total. The van der Waals surface area contributed by atoms with Crippen molar-refractivity contribution in [1.82, 2.24) is 20.2 Å². The van der Waals surface area contributed by atoms with E-state index in [2.05, 4.69) is 15.6 Å². The number of ether oxygens (including phenoxy) is 1. The highest BCUT2D eigenvalue weighted by Crippen LogP contribution is 2.25. The monoisotopic (exact) mass is 478 g/mol. The summed E-state index contributed by atoms with van der Waals surface area (Å²) >= 11 is 1.27. The van der Waals surface area contributed by atoms with Gasteiger partial charge in [0.1, 0.15) is 11.9 Å². The van der Waals surface area contributed by atoms with E-state index in [0.717, 1.165) is 18.4 Å². The third-order valence-electron chi connectivity index (χ3n) is 5.30. The van der Waals surface area contributed by atoms with Crippen LogP contribution in [0.5, 0.6) is 0 Å². The topological polar surface area (TPSA) is 102 Å². The molecule has 1 fully saturated rings. The molecule has 34 heavy (non-hydrogen) atoms. The second kappa shape index (κ2) is 11.0. The molecule has 1 unspecified atom stereocenters. The third-order valence-corrected chi connectivity index (χ3v) is 6.37. The van der Waals surface area contributed by atoms with Crippen LogP contribution in [0.3, 0.4) is 0 Å². The molecule has 1 aromatic heterocycles. The summed E-state index contributed by atoms with van der Waals surface area (Å²) in [6.45, 7) is -0.437. The highest BCUT2D eigenvalue weighted by molar-refractivity contribution is 8.00. The molecule has 9 heteroatoms. The predicted molar refractivity (Wildman–Crippen MR) is 128 cm³/mol. The number of benzene rings is 2. The first-order valence-electron chi connectivity index (χ1n) is 11.0. The molecule has 1 atom stereocenters. The smallest absolute Gasteiger partial charge is 0.339 e. The molecule has 2 N–H and O–H groups in total. The van der Waals surface area contributed by atoms with E-state index < -0.39 is 24.5 Å². The van der Waals surface area contributed by atoms with Crippen LogP contribution in [0.15, 0.2) is 71.9 Å². The fraction of sp³-hybridized carbons (Fsp3) is 0.280. The average molecular weight is 479 g/mol. The summed E-state index contributed by atoms with van der Waals surface area (Å²) in [5, 5.41) is 5.83. The maximum atomic E-state index is 12.7. The summed E-state index contributed by atoms with van der Waals surface area (Å²) in [6.07, 6.45) is 5.51. The van der Waals surface area contributed by atoms with E-state index in [0.29, 0.717) is 16.3 Å². The van der Waals surface area contributed by atoms with Crippen LogP contribution in [0, 0.1) is 0 Å². The zero-order valence-electron chi connectivity index (χ0n) is 18.8. The zero-order valence-corrected chi connectivity index (χ0v) is 19.6. The van der Waals surface area contributed by atoms with Crippen LogP contribution in [-0.2, 0) is 21.4 Å². The van der Waals surface area contributed by atoms with Crippen molar-refractivity contribution in [2.24, 2.45) is 7.05 Å². The number of nitrogens with one attached hydrogen (secondary N) is 2. The molecule has 1 heterocycles. The summed E-state index contributed by atoms with van der Waals surface area (Å²) in [5.74, 6) is -0.245. The number of esters is 1. The first-order chi connectivity index (χ1) is 16.5. The number of aryl methyl sites for hydroxylation is 1. The Kier molecular flexibility index (Phi) is 7.64. The Morgan fingerprint density at radius 1 is 1.09 bits per heavy atom. The Labute approximate surface area is 202 Å². The van der Waals surface area contributed by atoms with E-state index in [1.807, 2.05) is 41.9 Å². The first kappa shape index (κ1) is 23.6. The van der Waals surface area contributed by atoms with Crippen LogP contribution < -0.4 is 10.6 Å². The van der Waals surface area contributed by atoms with Gasteiger partial charge in [0.25, 0.3) is 5.91 Å². The Balaban J connectivity index is 1.36. The Hall–Kier alpha value is -3.59. The van der Waals surface area contributed by atoms with E-state index in [9.17, 15) is 14.4 Å². The number of aromatic nitrogens is 2. The molecule has 1 aliphatic rings. The SMILES string of the molecule is Cn1ccnc1C(NC(=O)COC(=O)c1ccccc1SCC(=O)NC1CC1)c1ccccc1. The molecular weight excluding hydrogens is 452 g/mol. The Morgan fingerprint density at radius 2 is 1.82 bits per heavy atom. The molecule has 0 radical (unpaired) electrons. The molecule has 1 saturated carbocycles. The van der Waals surface area contributed by atoms with Crippen LogP contribution >= 0.6 is 11.8 Å². The lowest BCUT2D eigenvalue weighted by molar-refractivity contribution is -0.124. The van der Waals surface area contributed by atoms with Crippen molar-refractivity contribution in [3.63, 3.8) is 0 Å². The van der Waals surface area contributed by atoms with Crippen molar-refractivity contribution in [3.05, 3.63) is 83.9 Å². The van der Waals surface area contributed by atoms with Crippen molar-refractivity contribution < 1.29 is 19.1 Å². The van der Waals surface area contributed by atoms with Crippen molar-refractivity contribution >= 4 is 29.5 Å². The van der Waals surface area contributed by atoms with E-state index in [-0.39, 0.29) is 17.7 Å². The van der Waals surface area contributed by atoms with Gasteiger partial charge in [0.05, 0.1) is 11.3 Å². The largest absolute Gasteiger partial charge is 0.452 e. The maximum absolute atomic E-state index is 12.7. The minimum Gasteiger partial charge on any atom is -0.452 e. The number of hydrogen-bond donors (Lipinski definition) is 2. The van der Waals surface area contributed by atoms with Crippen LogP contribution in [0.1, 0.15) is 40.6 Å². The van der Waals surface area contributed by atoms with E-state index in [4.69, 9.17) is 4.74 Å². The van der Waals surface area contributed by atoms with Crippen molar-refractivity contribution in [2.75, 3.05) is 12.4 Å². The molecule has 1 aliphatic carbocycles. The van der Waals surface area contributed by atoms with Crippen LogP contribution in [-0.4, -0.2) is 45.7 Å². The minimum atomic E-state index is -0.617. The summed E-state index contributed by atoms with van der Waals surface area (Å²) in [6, 6.07) is 16.2. The molecule has 176 valence electrons. The summed E-state index contributed by atoms with van der Waals surface area (Å²) in [5.41, 5.74) is 1.19. The molecule has 3 aromatic rings. The second-order valence-electron chi connectivity index (χ2n) is 8.01. The summed E-state index contributed by atoms with van der Waals surface area (Å²) in [7, 11) is 1.85. The van der Waals surface area contributed by atoms with Gasteiger partial charge in [0.15, 0.2) is 6.61 Å². The molecular formula is C25H26N4O4S. The van der Waals surface area contributed by atoms with Gasteiger partial charge in [-0.05, 0) is 30.5 Å². The molecule has 0 spiro atoms. The molecule has 0 saturated heterocycles. The molecule has 0 bridgehead atoms. The van der Waals surface area contributed by atoms with Crippen molar-refractivity contribution in [1.29, 1.82) is 0 Å². The normalized spacial score (nSPS) is 13.7. The maximum Gasteiger partial charge on any atom is 0.339 e. The van der Waals surface area contributed by atoms with Gasteiger partial charge in [0, 0.05) is 30.4 Å². The lowest BCUT2D eigenvalue weighted by Crippen LogP contribution is -2.34. The van der Waals surface area contributed by atoms with Gasteiger partial charge in [-0.15, -0.1) is 11.8 Å². The number of hydrogen-bond acceptors (Lipinski definition) is 6.